The van der Waals surface area contributed by atoms with Crippen LogP contribution in [0.2, 0.25) is 0 Å². The van der Waals surface area contributed by atoms with Gasteiger partial charge in [-0.2, -0.15) is 0 Å². The molecule has 0 radical (unpaired) electrons. The lowest BCUT2D eigenvalue weighted by atomic mass is 10.0. The number of carbonyl (C=O) groups is 2. The number of anilines is 1. The van der Waals surface area contributed by atoms with Crippen molar-refractivity contribution >= 4 is 17.5 Å². The molecule has 0 aromatic heterocycles. The number of ether oxygens (including phenoxy) is 2. The smallest absolute Gasteiger partial charge is 0.246 e. The summed E-state index contributed by atoms with van der Waals surface area (Å²) in [5, 5.41) is 0. The summed E-state index contributed by atoms with van der Waals surface area (Å²) >= 11 is 0. The van der Waals surface area contributed by atoms with Crippen molar-refractivity contribution in [1.29, 1.82) is 0 Å². The second-order valence-corrected chi connectivity index (χ2v) is 6.67. The lowest BCUT2D eigenvalue weighted by Gasteiger charge is -2.39. The Kier molecular flexibility index (Phi) is 3.81. The van der Waals surface area contributed by atoms with Gasteiger partial charge in [-0.05, 0) is 11.6 Å². The molecular weight excluding hydrogens is 308 g/mol. The molecule has 6 nitrogen and oxygen atoms in total. The second-order valence-electron chi connectivity index (χ2n) is 6.67. The van der Waals surface area contributed by atoms with Crippen molar-refractivity contribution in [3.05, 3.63) is 29.8 Å². The first kappa shape index (κ1) is 15.6. The minimum absolute atomic E-state index is 0.0225. The van der Waals surface area contributed by atoms with Crippen LogP contribution in [0.4, 0.5) is 5.69 Å². The summed E-state index contributed by atoms with van der Waals surface area (Å²) in [6.07, 6.45) is 1.97. The third kappa shape index (κ3) is 2.50. The lowest BCUT2D eigenvalue weighted by molar-refractivity contribution is -0.187. The summed E-state index contributed by atoms with van der Waals surface area (Å²) in [4.78, 5) is 28.7. The van der Waals surface area contributed by atoms with Gasteiger partial charge in [0.1, 0.15) is 6.04 Å². The number of hydrogen-bond acceptors (Lipinski definition) is 4. The Balaban J connectivity index is 1.50. The first-order valence-electron chi connectivity index (χ1n) is 8.54. The van der Waals surface area contributed by atoms with Crippen LogP contribution in [0.1, 0.15) is 25.3 Å². The predicted octanol–water partition coefficient (Wildman–Crippen LogP) is 1.33. The average molecular weight is 330 g/mol. The van der Waals surface area contributed by atoms with E-state index in [-0.39, 0.29) is 11.8 Å². The van der Waals surface area contributed by atoms with E-state index in [0.29, 0.717) is 45.6 Å². The molecule has 24 heavy (non-hydrogen) atoms. The number of benzene rings is 1. The monoisotopic (exact) mass is 330 g/mol. The Morgan fingerprint density at radius 3 is 2.46 bits per heavy atom. The summed E-state index contributed by atoms with van der Waals surface area (Å²) in [6, 6.07) is 7.32. The molecule has 0 N–H and O–H groups in total. The van der Waals surface area contributed by atoms with Crippen LogP contribution in [0.15, 0.2) is 24.3 Å². The molecule has 0 unspecified atom stereocenters. The summed E-state index contributed by atoms with van der Waals surface area (Å²) in [6.45, 7) is 4.00. The number of likely N-dealkylation sites (tertiary alicyclic amines) is 1. The van der Waals surface area contributed by atoms with Gasteiger partial charge in [-0.25, -0.2) is 0 Å². The zero-order valence-electron chi connectivity index (χ0n) is 13.9. The minimum Gasteiger partial charge on any atom is -0.347 e. The molecule has 3 aliphatic heterocycles. The van der Waals surface area contributed by atoms with Gasteiger partial charge < -0.3 is 14.4 Å². The van der Waals surface area contributed by atoms with E-state index in [9.17, 15) is 9.59 Å². The largest absolute Gasteiger partial charge is 0.347 e. The number of rotatable bonds is 1. The van der Waals surface area contributed by atoms with Gasteiger partial charge in [-0.3, -0.25) is 14.5 Å². The third-order valence-corrected chi connectivity index (χ3v) is 5.25. The van der Waals surface area contributed by atoms with Gasteiger partial charge in [0.15, 0.2) is 5.79 Å². The molecule has 3 heterocycles. The molecule has 128 valence electrons. The van der Waals surface area contributed by atoms with Gasteiger partial charge in [0.2, 0.25) is 11.8 Å². The number of piperidine rings is 1. The highest BCUT2D eigenvalue weighted by Gasteiger charge is 2.44. The highest BCUT2D eigenvalue weighted by atomic mass is 16.7. The normalized spacial score (nSPS) is 25.1. The van der Waals surface area contributed by atoms with E-state index in [0.717, 1.165) is 11.3 Å². The molecule has 2 fully saturated rings. The van der Waals surface area contributed by atoms with E-state index in [2.05, 4.69) is 0 Å². The summed E-state index contributed by atoms with van der Waals surface area (Å²) < 4.78 is 11.4. The van der Waals surface area contributed by atoms with E-state index < -0.39 is 11.8 Å². The fourth-order valence-electron chi connectivity index (χ4n) is 4.04. The Bertz CT molecular complexity index is 659. The zero-order valence-corrected chi connectivity index (χ0v) is 13.9. The number of hydrogen-bond donors (Lipinski definition) is 0. The fraction of sp³-hybridized carbons (Fsp3) is 0.556. The zero-order chi connectivity index (χ0) is 16.7. The molecule has 0 aliphatic carbocycles. The maximum Gasteiger partial charge on any atom is 0.246 e. The highest BCUT2D eigenvalue weighted by molar-refractivity contribution is 6.02. The molecule has 1 aromatic carbocycles. The van der Waals surface area contributed by atoms with Crippen molar-refractivity contribution in [2.24, 2.45) is 0 Å². The van der Waals surface area contributed by atoms with Gasteiger partial charge in [0.25, 0.3) is 0 Å². The van der Waals surface area contributed by atoms with Crippen molar-refractivity contribution in [2.45, 2.75) is 38.0 Å². The van der Waals surface area contributed by atoms with Crippen LogP contribution in [0.25, 0.3) is 0 Å². The topological polar surface area (TPSA) is 59.1 Å². The molecule has 6 heteroatoms. The SMILES string of the molecule is CC(=O)N1c2ccccc2C[C@@H]1C(=O)N1CCC2(CC1)OCCO2. The molecule has 3 aliphatic rings. The Hall–Kier alpha value is -1.92. The summed E-state index contributed by atoms with van der Waals surface area (Å²) in [7, 11) is 0. The molecule has 2 amide bonds. The van der Waals surface area contributed by atoms with Gasteiger partial charge in [0, 0.05) is 45.0 Å². The maximum absolute atomic E-state index is 13.0. The van der Waals surface area contributed by atoms with Crippen molar-refractivity contribution in [2.75, 3.05) is 31.2 Å². The van der Waals surface area contributed by atoms with Crippen LogP contribution in [0.3, 0.4) is 0 Å². The van der Waals surface area contributed by atoms with Gasteiger partial charge in [0.05, 0.1) is 13.2 Å². The third-order valence-electron chi connectivity index (χ3n) is 5.25. The van der Waals surface area contributed by atoms with E-state index >= 15 is 0 Å². The standard InChI is InChI=1S/C18H22N2O4/c1-13(21)20-15-5-3-2-4-14(15)12-16(20)17(22)19-8-6-18(7-9-19)23-10-11-24-18/h2-5,16H,6-12H2,1H3/t16-/m1/s1. The summed E-state index contributed by atoms with van der Waals surface area (Å²) in [5.41, 5.74) is 1.92. The van der Waals surface area contributed by atoms with Gasteiger partial charge in [-0.1, -0.05) is 18.2 Å². The Morgan fingerprint density at radius 1 is 1.12 bits per heavy atom. The Morgan fingerprint density at radius 2 is 1.79 bits per heavy atom. The lowest BCUT2D eigenvalue weighted by Crippen LogP contribution is -2.54. The summed E-state index contributed by atoms with van der Waals surface area (Å²) in [5.74, 6) is -0.557. The van der Waals surface area contributed by atoms with Crippen LogP contribution >= 0.6 is 0 Å². The maximum atomic E-state index is 13.0. The van der Waals surface area contributed by atoms with Gasteiger partial charge >= 0.3 is 0 Å². The highest BCUT2D eigenvalue weighted by Crippen LogP contribution is 2.35. The van der Waals surface area contributed by atoms with Crippen LogP contribution in [0, 0.1) is 0 Å². The minimum atomic E-state index is -0.490. The van der Waals surface area contributed by atoms with Crippen molar-refractivity contribution in [3.63, 3.8) is 0 Å². The first-order chi connectivity index (χ1) is 11.6. The molecule has 1 spiro atoms. The number of carbonyl (C=O) groups excluding carboxylic acids is 2. The average Bonchev–Trinajstić information content (AvgIpc) is 3.19. The van der Waals surface area contributed by atoms with Crippen LogP contribution < -0.4 is 4.90 Å². The van der Waals surface area contributed by atoms with Crippen LogP contribution in [0.5, 0.6) is 0 Å². The number of para-hydroxylation sites is 1. The number of fused-ring (bicyclic) bond motifs is 1. The van der Waals surface area contributed by atoms with Crippen molar-refractivity contribution in [1.82, 2.24) is 4.90 Å². The molecule has 0 saturated carbocycles. The molecule has 0 bridgehead atoms. The Labute approximate surface area is 141 Å². The number of nitrogens with zero attached hydrogens (tertiary/aromatic N) is 2. The molecular formula is C18H22N2O4. The number of amides is 2. The van der Waals surface area contributed by atoms with E-state index in [1.807, 2.05) is 29.2 Å². The van der Waals surface area contributed by atoms with Crippen molar-refractivity contribution in [3.8, 4) is 0 Å². The molecule has 4 rings (SSSR count). The first-order valence-corrected chi connectivity index (χ1v) is 8.54. The van der Waals surface area contributed by atoms with Gasteiger partial charge in [-0.15, -0.1) is 0 Å². The second kappa shape index (κ2) is 5.86. The molecule has 1 atom stereocenters. The quantitative estimate of drug-likeness (QED) is 0.779. The van der Waals surface area contributed by atoms with E-state index in [1.165, 1.54) is 6.92 Å². The molecule has 1 aromatic rings. The van der Waals surface area contributed by atoms with E-state index in [1.54, 1.807) is 4.90 Å². The predicted molar refractivity (Wildman–Crippen MR) is 87.5 cm³/mol. The van der Waals surface area contributed by atoms with Crippen molar-refractivity contribution < 1.29 is 19.1 Å². The van der Waals surface area contributed by atoms with Crippen LogP contribution in [-0.4, -0.2) is 54.8 Å². The fourth-order valence-corrected chi connectivity index (χ4v) is 4.04. The molecule has 2 saturated heterocycles. The van der Waals surface area contributed by atoms with Crippen LogP contribution in [-0.2, 0) is 25.5 Å². The van der Waals surface area contributed by atoms with E-state index in [4.69, 9.17) is 9.47 Å².